The second-order valence-corrected chi connectivity index (χ2v) is 6.71. The van der Waals surface area contributed by atoms with Crippen LogP contribution in [0.3, 0.4) is 0 Å². The number of thioether (sulfide) groups is 1. The van der Waals surface area contributed by atoms with Crippen LogP contribution < -0.4 is 9.88 Å². The number of aromatic amines is 1. The standard InChI is InChI=1S/C17H18N4O3S/c22-17(13-25-16-3-1-15(2-4-16)21(23)24)20-11-9-19(10-12-20)14-5-7-18-8-6-14/h1-8H,9-13H2/p+1. The molecule has 0 saturated carbocycles. The fourth-order valence-electron chi connectivity index (χ4n) is 2.70. The largest absolute Gasteiger partial charge is 0.368 e. The number of hydrogen-bond acceptors (Lipinski definition) is 5. The van der Waals surface area contributed by atoms with Crippen molar-refractivity contribution in [2.75, 3.05) is 36.8 Å². The van der Waals surface area contributed by atoms with E-state index in [4.69, 9.17) is 0 Å². The average Bonchev–Trinajstić information content (AvgIpc) is 2.67. The first-order valence-electron chi connectivity index (χ1n) is 7.99. The Morgan fingerprint density at radius 1 is 1.08 bits per heavy atom. The van der Waals surface area contributed by atoms with Gasteiger partial charge in [0.1, 0.15) is 0 Å². The van der Waals surface area contributed by atoms with Crippen LogP contribution in [-0.2, 0) is 4.79 Å². The third-order valence-corrected chi connectivity index (χ3v) is 5.10. The number of non-ortho nitro benzene ring substituents is 1. The Bertz CT molecular complexity index is 731. The van der Waals surface area contributed by atoms with Crippen LogP contribution in [0.4, 0.5) is 11.4 Å². The summed E-state index contributed by atoms with van der Waals surface area (Å²) in [4.78, 5) is 30.6. The highest BCUT2D eigenvalue weighted by Gasteiger charge is 2.21. The predicted molar refractivity (Wildman–Crippen MR) is 95.6 cm³/mol. The summed E-state index contributed by atoms with van der Waals surface area (Å²) < 4.78 is 0. The van der Waals surface area contributed by atoms with Crippen molar-refractivity contribution >= 4 is 29.0 Å². The zero-order chi connectivity index (χ0) is 17.6. The van der Waals surface area contributed by atoms with Crippen LogP contribution in [0.2, 0.25) is 0 Å². The molecule has 0 spiro atoms. The SMILES string of the molecule is O=C(CSc1ccc([N+](=O)[O-])cc1)N1CCN(c2cc[nH+]cc2)CC1. The number of benzene rings is 1. The molecule has 3 rings (SSSR count). The molecular weight excluding hydrogens is 340 g/mol. The van der Waals surface area contributed by atoms with Crippen molar-refractivity contribution in [3.8, 4) is 0 Å². The number of rotatable bonds is 5. The van der Waals surface area contributed by atoms with Gasteiger partial charge in [-0.3, -0.25) is 14.9 Å². The molecular formula is C17H19N4O3S+. The van der Waals surface area contributed by atoms with Gasteiger partial charge in [0.25, 0.3) is 5.69 Å². The minimum atomic E-state index is -0.427. The van der Waals surface area contributed by atoms with Crippen molar-refractivity contribution in [3.63, 3.8) is 0 Å². The fourth-order valence-corrected chi connectivity index (χ4v) is 3.50. The Labute approximate surface area is 149 Å². The molecule has 2 heterocycles. The van der Waals surface area contributed by atoms with Gasteiger partial charge in [0.05, 0.1) is 10.7 Å². The molecule has 1 aromatic carbocycles. The van der Waals surface area contributed by atoms with Gasteiger partial charge in [-0.25, -0.2) is 4.98 Å². The normalized spacial score (nSPS) is 14.4. The van der Waals surface area contributed by atoms with Gasteiger partial charge in [0.15, 0.2) is 12.4 Å². The number of nitro groups is 1. The number of amides is 1. The summed E-state index contributed by atoms with van der Waals surface area (Å²) in [5.74, 6) is 0.447. The number of nitro benzene ring substituents is 1. The maximum Gasteiger partial charge on any atom is 0.269 e. The number of nitrogens with one attached hydrogen (secondary N) is 1. The van der Waals surface area contributed by atoms with E-state index in [0.717, 1.165) is 23.7 Å². The highest BCUT2D eigenvalue weighted by atomic mass is 32.2. The summed E-state index contributed by atoms with van der Waals surface area (Å²) in [7, 11) is 0. The second-order valence-electron chi connectivity index (χ2n) is 5.67. The topological polar surface area (TPSA) is 80.8 Å². The van der Waals surface area contributed by atoms with Gasteiger partial charge in [-0.2, -0.15) is 0 Å². The van der Waals surface area contributed by atoms with E-state index in [1.54, 1.807) is 12.1 Å². The van der Waals surface area contributed by atoms with E-state index in [9.17, 15) is 14.9 Å². The molecule has 25 heavy (non-hydrogen) atoms. The number of carbonyl (C=O) groups is 1. The Morgan fingerprint density at radius 2 is 1.72 bits per heavy atom. The van der Waals surface area contributed by atoms with Crippen molar-refractivity contribution in [1.29, 1.82) is 0 Å². The molecule has 1 saturated heterocycles. The molecule has 1 fully saturated rings. The number of carbonyl (C=O) groups excluding carboxylic acids is 1. The highest BCUT2D eigenvalue weighted by Crippen LogP contribution is 2.22. The lowest BCUT2D eigenvalue weighted by atomic mass is 10.2. The van der Waals surface area contributed by atoms with Gasteiger partial charge >= 0.3 is 0 Å². The monoisotopic (exact) mass is 359 g/mol. The summed E-state index contributed by atoms with van der Waals surface area (Å²) in [5.41, 5.74) is 1.22. The smallest absolute Gasteiger partial charge is 0.269 e. The highest BCUT2D eigenvalue weighted by molar-refractivity contribution is 8.00. The van der Waals surface area contributed by atoms with Crippen LogP contribution in [0.15, 0.2) is 53.7 Å². The molecule has 1 N–H and O–H groups in total. The predicted octanol–water partition coefficient (Wildman–Crippen LogP) is 1.85. The van der Waals surface area contributed by atoms with E-state index in [2.05, 4.69) is 9.88 Å². The lowest BCUT2D eigenvalue weighted by Crippen LogP contribution is -2.49. The maximum atomic E-state index is 12.4. The van der Waals surface area contributed by atoms with Crippen LogP contribution in [0, 0.1) is 10.1 Å². The number of aromatic nitrogens is 1. The molecule has 130 valence electrons. The first-order valence-corrected chi connectivity index (χ1v) is 8.98. The summed E-state index contributed by atoms with van der Waals surface area (Å²) in [6, 6.07) is 10.3. The van der Waals surface area contributed by atoms with Crippen LogP contribution in [0.1, 0.15) is 0 Å². The lowest BCUT2D eigenvalue weighted by molar-refractivity contribution is -0.384. The Morgan fingerprint density at radius 3 is 2.32 bits per heavy atom. The Hall–Kier alpha value is -2.61. The summed E-state index contributed by atoms with van der Waals surface area (Å²) in [6.45, 7) is 3.05. The molecule has 0 aliphatic carbocycles. The van der Waals surface area contributed by atoms with Gasteiger partial charge in [0, 0.05) is 61.0 Å². The molecule has 1 amide bonds. The van der Waals surface area contributed by atoms with Gasteiger partial charge in [-0.1, -0.05) is 0 Å². The number of pyridine rings is 1. The first kappa shape index (κ1) is 17.2. The summed E-state index contributed by atoms with van der Waals surface area (Å²) in [5, 5.41) is 10.6. The molecule has 1 aliphatic rings. The van der Waals surface area contributed by atoms with Crippen molar-refractivity contribution in [2.24, 2.45) is 0 Å². The van der Waals surface area contributed by atoms with Crippen molar-refractivity contribution in [1.82, 2.24) is 4.90 Å². The van der Waals surface area contributed by atoms with Crippen molar-refractivity contribution < 1.29 is 14.7 Å². The molecule has 0 atom stereocenters. The maximum absolute atomic E-state index is 12.4. The number of anilines is 1. The number of piperazine rings is 1. The summed E-state index contributed by atoms with van der Waals surface area (Å²) in [6.07, 6.45) is 3.79. The fraction of sp³-hybridized carbons (Fsp3) is 0.294. The van der Waals surface area contributed by atoms with E-state index in [-0.39, 0.29) is 11.6 Å². The van der Waals surface area contributed by atoms with E-state index in [1.165, 1.54) is 23.9 Å². The minimum absolute atomic E-state index is 0.0605. The Balaban J connectivity index is 1.47. The Kier molecular flexibility index (Phi) is 5.49. The van der Waals surface area contributed by atoms with Gasteiger partial charge in [-0.15, -0.1) is 11.8 Å². The summed E-state index contributed by atoms with van der Waals surface area (Å²) >= 11 is 1.41. The molecule has 1 aromatic heterocycles. The lowest BCUT2D eigenvalue weighted by Gasteiger charge is -2.35. The zero-order valence-corrected chi connectivity index (χ0v) is 14.4. The minimum Gasteiger partial charge on any atom is -0.368 e. The molecule has 0 radical (unpaired) electrons. The first-order chi connectivity index (χ1) is 12.1. The molecule has 2 aromatic rings. The molecule has 7 nitrogen and oxygen atoms in total. The van der Waals surface area contributed by atoms with Crippen LogP contribution in [0.5, 0.6) is 0 Å². The van der Waals surface area contributed by atoms with Gasteiger partial charge in [-0.05, 0) is 12.1 Å². The van der Waals surface area contributed by atoms with Crippen LogP contribution in [-0.4, -0.2) is 47.7 Å². The quantitative estimate of drug-likeness (QED) is 0.462. The van der Waals surface area contributed by atoms with Crippen molar-refractivity contribution in [3.05, 3.63) is 58.9 Å². The molecule has 0 bridgehead atoms. The molecule has 8 heteroatoms. The van der Waals surface area contributed by atoms with Crippen LogP contribution in [0.25, 0.3) is 0 Å². The average molecular weight is 359 g/mol. The van der Waals surface area contributed by atoms with Gasteiger partial charge in [0.2, 0.25) is 5.91 Å². The third kappa shape index (κ3) is 4.48. The van der Waals surface area contributed by atoms with Gasteiger partial charge < -0.3 is 9.80 Å². The third-order valence-electron chi connectivity index (χ3n) is 4.11. The van der Waals surface area contributed by atoms with E-state index in [1.807, 2.05) is 29.4 Å². The van der Waals surface area contributed by atoms with Crippen molar-refractivity contribution in [2.45, 2.75) is 4.90 Å². The van der Waals surface area contributed by atoms with E-state index >= 15 is 0 Å². The second kappa shape index (κ2) is 7.98. The number of nitrogens with zero attached hydrogens (tertiary/aromatic N) is 3. The molecule has 1 aliphatic heterocycles. The number of hydrogen-bond donors (Lipinski definition) is 0. The zero-order valence-electron chi connectivity index (χ0n) is 13.6. The number of H-pyrrole nitrogens is 1. The van der Waals surface area contributed by atoms with E-state index < -0.39 is 4.92 Å². The molecule has 0 unspecified atom stereocenters. The van der Waals surface area contributed by atoms with Crippen LogP contribution >= 0.6 is 11.8 Å². The van der Waals surface area contributed by atoms with E-state index in [0.29, 0.717) is 18.8 Å².